The van der Waals surface area contributed by atoms with Crippen LogP contribution in [0.25, 0.3) is 0 Å². The first-order valence-electron chi connectivity index (χ1n) is 14.0. The van der Waals surface area contributed by atoms with Crippen LogP contribution in [-0.4, -0.2) is 65.6 Å². The summed E-state index contributed by atoms with van der Waals surface area (Å²) in [7, 11) is -3.45. The molecular weight excluding hydrogens is 607 g/mol. The van der Waals surface area contributed by atoms with Gasteiger partial charge in [-0.25, -0.2) is 27.2 Å². The second-order valence-corrected chi connectivity index (χ2v) is 13.0. The van der Waals surface area contributed by atoms with E-state index < -0.39 is 57.6 Å². The summed E-state index contributed by atoms with van der Waals surface area (Å²) in [6.45, 7) is 0.765. The summed E-state index contributed by atoms with van der Waals surface area (Å²) in [5.41, 5.74) is 7.02. The molecule has 1 amide bonds. The number of hydrogen-bond acceptors (Lipinski definition) is 7. The highest BCUT2D eigenvalue weighted by atomic mass is 32.2. The van der Waals surface area contributed by atoms with Crippen LogP contribution in [-0.2, 0) is 27.4 Å². The molecule has 0 radical (unpaired) electrons. The molecule has 3 unspecified atom stereocenters. The number of hydrogen-bond donors (Lipinski definition) is 3. The molecule has 9 nitrogen and oxygen atoms in total. The molecule has 5 atom stereocenters. The molecule has 1 aromatic heterocycles. The summed E-state index contributed by atoms with van der Waals surface area (Å²) in [6, 6.07) is 7.27. The van der Waals surface area contributed by atoms with Crippen LogP contribution >= 0.6 is 0 Å². The van der Waals surface area contributed by atoms with Crippen LogP contribution in [0.2, 0.25) is 0 Å². The standard InChI is InChI=1S/C29H31F5N6O3S/c30-19-8-6-17(7-9-19)25(18-13-37-28(38-14-18)29(32,33)34)26(35)27(41)39-24-5-1-4-23(31)22(24)11-10-21-15-36-20-3-2-12-44(42,43)40(21)16-20/h1,4-9,13-14,20-21,25-26,36H,2-3,10-12,15-16,35H2,(H,39,41)/t20-,21+,25?,26?/m1/s1. The summed E-state index contributed by atoms with van der Waals surface area (Å²) >= 11 is 0. The summed E-state index contributed by atoms with van der Waals surface area (Å²) in [5, 5.41) is 6.00. The van der Waals surface area contributed by atoms with E-state index in [1.807, 2.05) is 0 Å². The summed E-state index contributed by atoms with van der Waals surface area (Å²) < 4.78 is 95.2. The number of halogens is 5. The number of rotatable bonds is 8. The molecule has 236 valence electrons. The molecule has 5 rings (SSSR count). The average Bonchev–Trinajstić information content (AvgIpc) is 3.09. The minimum Gasteiger partial charge on any atom is -0.324 e. The Morgan fingerprint density at radius 3 is 2.48 bits per heavy atom. The Balaban J connectivity index is 1.37. The SMILES string of the molecule is NC(C(=O)Nc1cccc(F)c1CC[C@H]1CN[C@@H]2CCCS(=O)(=O)N1C2)C(c1ccc(F)cc1)c1cnc(C(F)(F)F)nc1. The lowest BCUT2D eigenvalue weighted by atomic mass is 9.86. The van der Waals surface area contributed by atoms with Gasteiger partial charge in [0, 0.05) is 54.7 Å². The molecular formula is C29H31F5N6O3S. The van der Waals surface area contributed by atoms with Crippen molar-refractivity contribution >= 4 is 21.6 Å². The third-order valence-electron chi connectivity index (χ3n) is 8.04. The van der Waals surface area contributed by atoms with Gasteiger partial charge in [0.15, 0.2) is 0 Å². The highest BCUT2D eigenvalue weighted by molar-refractivity contribution is 7.89. The minimum atomic E-state index is -4.79. The smallest absolute Gasteiger partial charge is 0.324 e. The Hall–Kier alpha value is -3.53. The first-order chi connectivity index (χ1) is 20.8. The number of carbonyl (C=O) groups is 1. The van der Waals surface area contributed by atoms with E-state index in [2.05, 4.69) is 20.6 Å². The average molecular weight is 639 g/mol. The third kappa shape index (κ3) is 7.06. The van der Waals surface area contributed by atoms with Crippen molar-refractivity contribution in [3.63, 3.8) is 0 Å². The number of nitrogens with two attached hydrogens (primary N) is 1. The van der Waals surface area contributed by atoms with Crippen molar-refractivity contribution in [1.82, 2.24) is 19.6 Å². The summed E-state index contributed by atoms with van der Waals surface area (Å²) in [5.74, 6) is -4.37. The van der Waals surface area contributed by atoms with Gasteiger partial charge in [-0.2, -0.15) is 17.5 Å². The number of sulfonamides is 1. The van der Waals surface area contributed by atoms with Crippen molar-refractivity contribution in [3.8, 4) is 0 Å². The molecule has 44 heavy (non-hydrogen) atoms. The number of nitrogens with zero attached hydrogens (tertiary/aromatic N) is 3. The monoisotopic (exact) mass is 638 g/mol. The summed E-state index contributed by atoms with van der Waals surface area (Å²) in [4.78, 5) is 20.2. The second-order valence-electron chi connectivity index (χ2n) is 11.0. The zero-order chi connectivity index (χ0) is 31.6. The fraction of sp³-hybridized carbons (Fsp3) is 0.414. The van der Waals surface area contributed by atoms with Crippen molar-refractivity contribution in [2.75, 3.05) is 24.2 Å². The van der Waals surface area contributed by atoms with Gasteiger partial charge in [-0.3, -0.25) is 4.79 Å². The number of amides is 1. The van der Waals surface area contributed by atoms with E-state index in [4.69, 9.17) is 5.73 Å². The van der Waals surface area contributed by atoms with Crippen molar-refractivity contribution in [2.24, 2.45) is 5.73 Å². The van der Waals surface area contributed by atoms with Crippen LogP contribution in [0.4, 0.5) is 27.6 Å². The Morgan fingerprint density at radius 2 is 1.80 bits per heavy atom. The topological polar surface area (TPSA) is 130 Å². The first kappa shape index (κ1) is 31.9. The van der Waals surface area contributed by atoms with Gasteiger partial charge in [0.25, 0.3) is 0 Å². The lowest BCUT2D eigenvalue weighted by Crippen LogP contribution is -2.57. The van der Waals surface area contributed by atoms with Gasteiger partial charge in [0.1, 0.15) is 11.6 Å². The number of fused-ring (bicyclic) bond motifs is 2. The van der Waals surface area contributed by atoms with E-state index in [9.17, 15) is 30.8 Å². The number of piperazine rings is 1. The Morgan fingerprint density at radius 1 is 1.09 bits per heavy atom. The molecule has 3 heterocycles. The van der Waals surface area contributed by atoms with Crippen LogP contribution in [0.5, 0.6) is 0 Å². The minimum absolute atomic E-state index is 0.0553. The van der Waals surface area contributed by atoms with E-state index in [1.165, 1.54) is 34.6 Å². The molecule has 0 aliphatic carbocycles. The fourth-order valence-corrected chi connectivity index (χ4v) is 7.58. The number of benzene rings is 2. The molecule has 2 aliphatic heterocycles. The van der Waals surface area contributed by atoms with E-state index in [-0.39, 0.29) is 41.5 Å². The van der Waals surface area contributed by atoms with Gasteiger partial charge < -0.3 is 16.4 Å². The number of carbonyl (C=O) groups excluding carboxylic acids is 1. The number of aromatic nitrogens is 2. The van der Waals surface area contributed by atoms with E-state index in [0.717, 1.165) is 30.9 Å². The van der Waals surface area contributed by atoms with Crippen molar-refractivity contribution < 1.29 is 35.2 Å². The maximum absolute atomic E-state index is 15.1. The lowest BCUT2D eigenvalue weighted by Gasteiger charge is -2.37. The first-order valence-corrected chi connectivity index (χ1v) is 15.7. The molecule has 3 aromatic rings. The zero-order valence-corrected chi connectivity index (χ0v) is 24.2. The molecule has 2 aromatic carbocycles. The van der Waals surface area contributed by atoms with Gasteiger partial charge in [0.05, 0.1) is 11.8 Å². The number of anilines is 1. The molecule has 4 N–H and O–H groups in total. The van der Waals surface area contributed by atoms with Crippen LogP contribution < -0.4 is 16.4 Å². The highest BCUT2D eigenvalue weighted by Gasteiger charge is 2.38. The molecule has 2 aliphatic rings. The maximum atomic E-state index is 15.1. The Labute approximate surface area is 251 Å². The zero-order valence-electron chi connectivity index (χ0n) is 23.4. The van der Waals surface area contributed by atoms with Crippen LogP contribution in [0.1, 0.15) is 47.7 Å². The van der Waals surface area contributed by atoms with Gasteiger partial charge in [-0.05, 0) is 61.1 Å². The van der Waals surface area contributed by atoms with Crippen molar-refractivity contribution in [1.29, 1.82) is 0 Å². The highest BCUT2D eigenvalue weighted by Crippen LogP contribution is 2.31. The fourth-order valence-electron chi connectivity index (χ4n) is 5.78. The lowest BCUT2D eigenvalue weighted by molar-refractivity contribution is -0.145. The maximum Gasteiger partial charge on any atom is 0.451 e. The molecule has 0 saturated carbocycles. The normalized spacial score (nSPS) is 22.9. The molecule has 0 spiro atoms. The van der Waals surface area contributed by atoms with Gasteiger partial charge in [-0.1, -0.05) is 18.2 Å². The summed E-state index contributed by atoms with van der Waals surface area (Å²) in [6.07, 6.45) is -1.27. The predicted molar refractivity (Wildman–Crippen MR) is 152 cm³/mol. The van der Waals surface area contributed by atoms with Gasteiger partial charge in [-0.15, -0.1) is 0 Å². The number of nitrogens with one attached hydrogen (secondary N) is 2. The van der Waals surface area contributed by atoms with E-state index in [0.29, 0.717) is 25.1 Å². The molecule has 2 fully saturated rings. The van der Waals surface area contributed by atoms with Gasteiger partial charge >= 0.3 is 6.18 Å². The largest absolute Gasteiger partial charge is 0.451 e. The number of alkyl halides is 3. The molecule has 2 saturated heterocycles. The van der Waals surface area contributed by atoms with E-state index >= 15 is 4.39 Å². The van der Waals surface area contributed by atoms with Crippen LogP contribution in [0, 0.1) is 11.6 Å². The molecule has 2 bridgehead atoms. The predicted octanol–water partition coefficient (Wildman–Crippen LogP) is 3.57. The Kier molecular flexibility index (Phi) is 9.30. The molecule has 15 heteroatoms. The van der Waals surface area contributed by atoms with Crippen molar-refractivity contribution in [3.05, 3.63) is 89.0 Å². The quantitative estimate of drug-likeness (QED) is 0.322. The third-order valence-corrected chi connectivity index (χ3v) is 10.0. The van der Waals surface area contributed by atoms with Crippen LogP contribution in [0.3, 0.4) is 0 Å². The van der Waals surface area contributed by atoms with Crippen LogP contribution in [0.15, 0.2) is 54.9 Å². The van der Waals surface area contributed by atoms with E-state index in [1.54, 1.807) is 0 Å². The van der Waals surface area contributed by atoms with Gasteiger partial charge in [0.2, 0.25) is 21.8 Å². The Bertz CT molecular complexity index is 1590. The van der Waals surface area contributed by atoms with Crippen molar-refractivity contribution in [2.45, 2.75) is 55.9 Å². The second kappa shape index (κ2) is 12.8.